The summed E-state index contributed by atoms with van der Waals surface area (Å²) in [6.45, 7) is 2.23. The van der Waals surface area contributed by atoms with Gasteiger partial charge < -0.3 is 15.2 Å². The van der Waals surface area contributed by atoms with Crippen molar-refractivity contribution < 1.29 is 9.84 Å². The Hall–Kier alpha value is -4.47. The molecule has 0 spiro atoms. The number of phenols is 1. The first kappa shape index (κ1) is 19.5. The van der Waals surface area contributed by atoms with Crippen LogP contribution in [0.4, 0.5) is 11.6 Å². The van der Waals surface area contributed by atoms with Crippen LogP contribution in [0.1, 0.15) is 35.3 Å². The highest BCUT2D eigenvalue weighted by atomic mass is 16.5. The average molecular weight is 429 g/mol. The summed E-state index contributed by atoms with van der Waals surface area (Å²) in [5, 5.41) is 31.9. The number of hydrogen-bond donors (Lipinski definition) is 3. The third-order valence-corrected chi connectivity index (χ3v) is 5.13. The summed E-state index contributed by atoms with van der Waals surface area (Å²) in [6, 6.07) is 14.2. The zero-order valence-electron chi connectivity index (χ0n) is 17.1. The van der Waals surface area contributed by atoms with E-state index < -0.39 is 6.04 Å². The molecule has 10 nitrogen and oxygen atoms in total. The Kier molecular flexibility index (Phi) is 4.86. The number of tetrazole rings is 1. The Labute approximate surface area is 182 Å². The van der Waals surface area contributed by atoms with E-state index in [4.69, 9.17) is 4.74 Å². The van der Waals surface area contributed by atoms with Crippen molar-refractivity contribution in [1.82, 2.24) is 30.4 Å². The molecule has 0 aliphatic carbocycles. The van der Waals surface area contributed by atoms with Crippen LogP contribution in [-0.2, 0) is 0 Å². The van der Waals surface area contributed by atoms with Crippen LogP contribution in [0.25, 0.3) is 12.2 Å². The van der Waals surface area contributed by atoms with Crippen LogP contribution in [0.3, 0.4) is 0 Å². The summed E-state index contributed by atoms with van der Waals surface area (Å²) < 4.78 is 7.14. The third kappa shape index (κ3) is 3.37. The number of nitrogens with zero attached hydrogens (tertiary/aromatic N) is 5. The monoisotopic (exact) mass is 429 g/mol. The van der Waals surface area contributed by atoms with Crippen LogP contribution < -0.4 is 15.6 Å². The number of phenolic OH excluding ortho intramolecular Hbond substituents is 1. The molecule has 0 saturated carbocycles. The maximum atomic E-state index is 12.7. The van der Waals surface area contributed by atoms with E-state index in [-0.39, 0.29) is 11.3 Å². The van der Waals surface area contributed by atoms with E-state index in [2.05, 4.69) is 31.0 Å². The number of aromatic hydroxyl groups is 1. The van der Waals surface area contributed by atoms with Gasteiger partial charge in [0.1, 0.15) is 11.7 Å². The van der Waals surface area contributed by atoms with Gasteiger partial charge in [-0.3, -0.25) is 4.79 Å². The van der Waals surface area contributed by atoms with Crippen LogP contribution in [0, 0.1) is 0 Å². The van der Waals surface area contributed by atoms with Gasteiger partial charge in [-0.15, -0.1) is 0 Å². The Balaban J connectivity index is 1.70. The van der Waals surface area contributed by atoms with Gasteiger partial charge in [-0.1, -0.05) is 47.6 Å². The highest BCUT2D eigenvalue weighted by Crippen LogP contribution is 2.40. The second-order valence-electron chi connectivity index (χ2n) is 7.11. The minimum absolute atomic E-state index is 0.0231. The average Bonchev–Trinajstić information content (AvgIpc) is 3.28. The zero-order chi connectivity index (χ0) is 22.1. The number of aromatic amines is 1. The van der Waals surface area contributed by atoms with Gasteiger partial charge in [0.25, 0.3) is 5.56 Å². The van der Waals surface area contributed by atoms with E-state index in [1.54, 1.807) is 22.9 Å². The highest BCUT2D eigenvalue weighted by molar-refractivity contribution is 5.75. The number of aromatic nitrogens is 6. The van der Waals surface area contributed by atoms with Crippen molar-refractivity contribution in [2.45, 2.75) is 13.0 Å². The largest absolute Gasteiger partial charge is 0.504 e. The SMILES string of the molecule is CCOc1cc([C@H]2c3c(/C=C/c4ccccc4)n[nH]c(=O)c3Nc3nnnn32)ccc1O. The van der Waals surface area contributed by atoms with Crippen molar-refractivity contribution in [3.8, 4) is 11.5 Å². The molecule has 0 fully saturated rings. The van der Waals surface area contributed by atoms with Crippen LogP contribution >= 0.6 is 0 Å². The number of anilines is 2. The quantitative estimate of drug-likeness (QED) is 0.389. The maximum Gasteiger partial charge on any atom is 0.288 e. The molecule has 4 aromatic rings. The molecule has 0 radical (unpaired) electrons. The minimum Gasteiger partial charge on any atom is -0.504 e. The molecule has 160 valence electrons. The van der Waals surface area contributed by atoms with Gasteiger partial charge in [-0.25, -0.2) is 5.10 Å². The van der Waals surface area contributed by atoms with E-state index in [0.717, 1.165) is 11.1 Å². The maximum absolute atomic E-state index is 12.7. The van der Waals surface area contributed by atoms with Crippen LogP contribution in [0.15, 0.2) is 53.3 Å². The van der Waals surface area contributed by atoms with Gasteiger partial charge in [0, 0.05) is 5.56 Å². The molecule has 1 atom stereocenters. The number of fused-ring (bicyclic) bond motifs is 2. The van der Waals surface area contributed by atoms with E-state index in [1.807, 2.05) is 49.4 Å². The van der Waals surface area contributed by atoms with E-state index in [9.17, 15) is 9.90 Å². The van der Waals surface area contributed by atoms with E-state index in [0.29, 0.717) is 35.2 Å². The van der Waals surface area contributed by atoms with Gasteiger partial charge in [0.15, 0.2) is 11.5 Å². The molecule has 0 bridgehead atoms. The molecular formula is C22H19N7O3. The zero-order valence-corrected chi connectivity index (χ0v) is 17.1. The smallest absolute Gasteiger partial charge is 0.288 e. The molecule has 3 heterocycles. The number of ether oxygens (including phenoxy) is 1. The summed E-state index contributed by atoms with van der Waals surface area (Å²) in [7, 11) is 0. The number of hydrogen-bond acceptors (Lipinski definition) is 8. The lowest BCUT2D eigenvalue weighted by Crippen LogP contribution is -2.29. The summed E-state index contributed by atoms with van der Waals surface area (Å²) in [4.78, 5) is 12.7. The lowest BCUT2D eigenvalue weighted by Gasteiger charge is -2.27. The molecule has 10 heteroatoms. The van der Waals surface area contributed by atoms with Gasteiger partial charge in [-0.2, -0.15) is 9.78 Å². The van der Waals surface area contributed by atoms with Crippen molar-refractivity contribution in [3.05, 3.63) is 81.3 Å². The van der Waals surface area contributed by atoms with Crippen molar-refractivity contribution >= 4 is 23.8 Å². The summed E-state index contributed by atoms with van der Waals surface area (Å²) >= 11 is 0. The van der Waals surface area contributed by atoms with Crippen molar-refractivity contribution in [3.63, 3.8) is 0 Å². The second kappa shape index (κ2) is 7.99. The molecule has 0 amide bonds. The Bertz CT molecular complexity index is 1360. The summed E-state index contributed by atoms with van der Waals surface area (Å²) in [5.74, 6) is 0.678. The van der Waals surface area contributed by atoms with Gasteiger partial charge >= 0.3 is 0 Å². The molecule has 2 aromatic heterocycles. The van der Waals surface area contributed by atoms with Crippen LogP contribution in [0.5, 0.6) is 11.5 Å². The lowest BCUT2D eigenvalue weighted by molar-refractivity contribution is 0.317. The number of benzene rings is 2. The van der Waals surface area contributed by atoms with E-state index in [1.165, 1.54) is 0 Å². The highest BCUT2D eigenvalue weighted by Gasteiger charge is 2.33. The predicted molar refractivity (Wildman–Crippen MR) is 118 cm³/mol. The number of rotatable bonds is 5. The Morgan fingerprint density at radius 1 is 1.19 bits per heavy atom. The number of nitrogens with one attached hydrogen (secondary N) is 2. The molecular weight excluding hydrogens is 410 g/mol. The van der Waals surface area contributed by atoms with Crippen molar-refractivity contribution in [2.75, 3.05) is 11.9 Å². The third-order valence-electron chi connectivity index (χ3n) is 5.13. The lowest BCUT2D eigenvalue weighted by atomic mass is 9.94. The first-order valence-electron chi connectivity index (χ1n) is 10.0. The molecule has 1 aliphatic heterocycles. The van der Waals surface area contributed by atoms with Crippen LogP contribution in [0.2, 0.25) is 0 Å². The Morgan fingerprint density at radius 3 is 2.84 bits per heavy atom. The Morgan fingerprint density at radius 2 is 2.03 bits per heavy atom. The molecule has 5 rings (SSSR count). The fraction of sp³-hybridized carbons (Fsp3) is 0.136. The first-order valence-corrected chi connectivity index (χ1v) is 10.0. The van der Waals surface area contributed by atoms with Gasteiger partial charge in [0.05, 0.1) is 12.3 Å². The topological polar surface area (TPSA) is 131 Å². The molecule has 32 heavy (non-hydrogen) atoms. The van der Waals surface area contributed by atoms with Crippen molar-refractivity contribution in [2.24, 2.45) is 0 Å². The minimum atomic E-state index is -0.568. The molecule has 0 saturated heterocycles. The molecule has 1 aliphatic rings. The standard InChI is InChI=1S/C22H19N7O3/c1-2-32-17-12-14(9-11-16(17)30)20-18-15(10-8-13-6-4-3-5-7-13)24-25-21(31)19(18)23-22-26-27-28-29(20)22/h3-12,20,30H,2H2,1H3,(H,25,31)(H,23,26,28)/b10-8+/t20-/m0/s1. The summed E-state index contributed by atoms with van der Waals surface area (Å²) in [5.41, 5.74) is 2.79. The van der Waals surface area contributed by atoms with Gasteiger partial charge in [-0.05, 0) is 46.7 Å². The molecule has 0 unspecified atom stereocenters. The molecule has 3 N–H and O–H groups in total. The van der Waals surface area contributed by atoms with E-state index >= 15 is 0 Å². The first-order chi connectivity index (χ1) is 15.7. The number of H-pyrrole nitrogens is 1. The predicted octanol–water partition coefficient (Wildman–Crippen LogP) is 2.73. The fourth-order valence-corrected chi connectivity index (χ4v) is 3.71. The van der Waals surface area contributed by atoms with Crippen LogP contribution in [-0.4, -0.2) is 42.1 Å². The van der Waals surface area contributed by atoms with Gasteiger partial charge in [0.2, 0.25) is 5.95 Å². The fourth-order valence-electron chi connectivity index (χ4n) is 3.71. The van der Waals surface area contributed by atoms with Crippen molar-refractivity contribution in [1.29, 1.82) is 0 Å². The second-order valence-corrected chi connectivity index (χ2v) is 7.11. The normalized spacial score (nSPS) is 14.6. The molecule has 2 aromatic carbocycles. The summed E-state index contributed by atoms with van der Waals surface area (Å²) in [6.07, 6.45) is 3.74.